The van der Waals surface area contributed by atoms with E-state index in [-0.39, 0.29) is 17.7 Å². The van der Waals surface area contributed by atoms with Gasteiger partial charge in [0.15, 0.2) is 0 Å². The predicted octanol–water partition coefficient (Wildman–Crippen LogP) is 1.15. The summed E-state index contributed by atoms with van der Waals surface area (Å²) in [6, 6.07) is 3.74. The molecule has 1 aliphatic rings. The molecule has 2 atom stereocenters. The molecule has 0 unspecified atom stereocenters. The van der Waals surface area contributed by atoms with Gasteiger partial charge in [-0.15, -0.1) is 0 Å². The van der Waals surface area contributed by atoms with Crippen LogP contribution in [-0.2, 0) is 11.8 Å². The van der Waals surface area contributed by atoms with E-state index in [4.69, 9.17) is 4.42 Å². The lowest BCUT2D eigenvalue weighted by molar-refractivity contribution is -0.117. The number of hydrogen-bond acceptors (Lipinski definition) is 4. The van der Waals surface area contributed by atoms with Crippen molar-refractivity contribution >= 4 is 11.9 Å². The zero-order valence-corrected chi connectivity index (χ0v) is 9.33. The molecule has 1 fully saturated rings. The molecule has 3 rings (SSSR count). The van der Waals surface area contributed by atoms with Crippen LogP contribution in [0, 0.1) is 5.92 Å². The Bertz CT molecular complexity index is 531. The summed E-state index contributed by atoms with van der Waals surface area (Å²) < 4.78 is 6.81. The molecule has 88 valence electrons. The predicted molar refractivity (Wildman–Crippen MR) is 59.2 cm³/mol. The van der Waals surface area contributed by atoms with Gasteiger partial charge in [0.05, 0.1) is 6.26 Å². The summed E-state index contributed by atoms with van der Waals surface area (Å²) in [6.45, 7) is 0. The molecular formula is C11H12N4O2. The number of aryl methyl sites for hydroxylation is 1. The molecule has 2 aromatic heterocycles. The Balaban J connectivity index is 1.64. The smallest absolute Gasteiger partial charge is 0.230 e. The molecular weight excluding hydrogens is 220 g/mol. The van der Waals surface area contributed by atoms with Crippen LogP contribution < -0.4 is 5.32 Å². The van der Waals surface area contributed by atoms with Gasteiger partial charge in [-0.3, -0.25) is 10.1 Å². The molecule has 0 aromatic carbocycles. The summed E-state index contributed by atoms with van der Waals surface area (Å²) in [5, 5.41) is 6.64. The topological polar surface area (TPSA) is 73.0 Å². The maximum atomic E-state index is 11.9. The van der Waals surface area contributed by atoms with Crippen molar-refractivity contribution in [2.24, 2.45) is 13.0 Å². The highest BCUT2D eigenvalue weighted by Gasteiger charge is 2.46. The van der Waals surface area contributed by atoms with E-state index < -0.39 is 0 Å². The monoisotopic (exact) mass is 232 g/mol. The fourth-order valence-corrected chi connectivity index (χ4v) is 1.91. The highest BCUT2D eigenvalue weighted by atomic mass is 16.3. The molecule has 2 heterocycles. The largest absolute Gasteiger partial charge is 0.469 e. The molecule has 1 N–H and O–H groups in total. The third-order valence-corrected chi connectivity index (χ3v) is 2.98. The number of rotatable bonds is 3. The third kappa shape index (κ3) is 1.82. The molecule has 1 amide bonds. The number of anilines is 1. The summed E-state index contributed by atoms with van der Waals surface area (Å²) in [7, 11) is 1.74. The van der Waals surface area contributed by atoms with Gasteiger partial charge < -0.3 is 4.42 Å². The number of nitrogens with zero attached hydrogens (tertiary/aromatic N) is 3. The normalized spacial score (nSPS) is 22.4. The van der Waals surface area contributed by atoms with Gasteiger partial charge in [0, 0.05) is 18.9 Å². The van der Waals surface area contributed by atoms with E-state index in [1.54, 1.807) is 13.3 Å². The van der Waals surface area contributed by atoms with Gasteiger partial charge in [-0.25, -0.2) is 4.68 Å². The van der Waals surface area contributed by atoms with Gasteiger partial charge in [0.2, 0.25) is 11.9 Å². The first-order chi connectivity index (χ1) is 8.25. The highest BCUT2D eigenvalue weighted by Crippen LogP contribution is 2.47. The number of carbonyl (C=O) groups excluding carboxylic acids is 1. The van der Waals surface area contributed by atoms with E-state index in [1.807, 2.05) is 12.1 Å². The van der Waals surface area contributed by atoms with Gasteiger partial charge >= 0.3 is 0 Å². The molecule has 17 heavy (non-hydrogen) atoms. The Kier molecular flexibility index (Phi) is 2.21. The summed E-state index contributed by atoms with van der Waals surface area (Å²) in [6.07, 6.45) is 3.87. The van der Waals surface area contributed by atoms with Crippen molar-refractivity contribution in [3.63, 3.8) is 0 Å². The van der Waals surface area contributed by atoms with Crippen molar-refractivity contribution in [1.29, 1.82) is 0 Å². The van der Waals surface area contributed by atoms with Gasteiger partial charge in [0.25, 0.3) is 0 Å². The molecule has 2 aromatic rings. The van der Waals surface area contributed by atoms with Crippen LogP contribution in [0.1, 0.15) is 18.1 Å². The maximum Gasteiger partial charge on any atom is 0.230 e. The first-order valence-corrected chi connectivity index (χ1v) is 5.44. The zero-order chi connectivity index (χ0) is 11.8. The van der Waals surface area contributed by atoms with E-state index >= 15 is 0 Å². The lowest BCUT2D eigenvalue weighted by Crippen LogP contribution is -2.17. The fraction of sp³-hybridized carbons (Fsp3) is 0.364. The average molecular weight is 232 g/mol. The first-order valence-electron chi connectivity index (χ1n) is 5.44. The van der Waals surface area contributed by atoms with Crippen molar-refractivity contribution in [2.45, 2.75) is 12.3 Å². The molecule has 6 nitrogen and oxygen atoms in total. The lowest BCUT2D eigenvalue weighted by Gasteiger charge is -2.02. The molecule has 0 bridgehead atoms. The second-order valence-corrected chi connectivity index (χ2v) is 4.16. The van der Waals surface area contributed by atoms with E-state index in [2.05, 4.69) is 15.4 Å². The Morgan fingerprint density at radius 1 is 1.65 bits per heavy atom. The van der Waals surface area contributed by atoms with Crippen LogP contribution in [0.2, 0.25) is 0 Å². The summed E-state index contributed by atoms with van der Waals surface area (Å²) in [4.78, 5) is 15.8. The molecule has 0 aliphatic heterocycles. The third-order valence-electron chi connectivity index (χ3n) is 2.98. The highest BCUT2D eigenvalue weighted by molar-refractivity contribution is 5.93. The molecule has 1 saturated carbocycles. The average Bonchev–Trinajstić information content (AvgIpc) is 2.73. The van der Waals surface area contributed by atoms with E-state index in [9.17, 15) is 4.79 Å². The summed E-state index contributed by atoms with van der Waals surface area (Å²) in [5.74, 6) is 1.52. The van der Waals surface area contributed by atoms with Crippen LogP contribution in [0.5, 0.6) is 0 Å². The Hall–Kier alpha value is -2.11. The van der Waals surface area contributed by atoms with Crippen LogP contribution in [0.4, 0.5) is 5.95 Å². The van der Waals surface area contributed by atoms with Crippen molar-refractivity contribution in [3.05, 3.63) is 30.5 Å². The minimum atomic E-state index is -0.0255. The number of carbonyl (C=O) groups is 1. The number of amides is 1. The minimum Gasteiger partial charge on any atom is -0.469 e. The Morgan fingerprint density at radius 2 is 2.53 bits per heavy atom. The quantitative estimate of drug-likeness (QED) is 0.861. The van der Waals surface area contributed by atoms with Crippen molar-refractivity contribution in [2.75, 3.05) is 5.32 Å². The van der Waals surface area contributed by atoms with Crippen LogP contribution in [0.25, 0.3) is 0 Å². The zero-order valence-electron chi connectivity index (χ0n) is 9.33. The van der Waals surface area contributed by atoms with Gasteiger partial charge in [-0.2, -0.15) is 10.1 Å². The van der Waals surface area contributed by atoms with Gasteiger partial charge in [-0.1, -0.05) is 0 Å². The van der Waals surface area contributed by atoms with E-state index in [0.29, 0.717) is 5.95 Å². The molecule has 0 radical (unpaired) electrons. The molecule has 6 heteroatoms. The van der Waals surface area contributed by atoms with Gasteiger partial charge in [-0.05, 0) is 18.6 Å². The molecule has 0 saturated heterocycles. The Morgan fingerprint density at radius 3 is 3.18 bits per heavy atom. The van der Waals surface area contributed by atoms with Gasteiger partial charge in [0.1, 0.15) is 12.1 Å². The summed E-state index contributed by atoms with van der Waals surface area (Å²) >= 11 is 0. The van der Waals surface area contributed by atoms with E-state index in [1.165, 1.54) is 11.0 Å². The maximum absolute atomic E-state index is 11.9. The fourth-order valence-electron chi connectivity index (χ4n) is 1.91. The number of furan rings is 1. The van der Waals surface area contributed by atoms with Crippen LogP contribution in [0.15, 0.2) is 29.1 Å². The second-order valence-electron chi connectivity index (χ2n) is 4.16. The van der Waals surface area contributed by atoms with Crippen LogP contribution >= 0.6 is 0 Å². The number of nitrogens with one attached hydrogen (secondary N) is 1. The second kappa shape index (κ2) is 3.73. The Labute approximate surface area is 97.6 Å². The molecule has 1 aliphatic carbocycles. The lowest BCUT2D eigenvalue weighted by atomic mass is 10.2. The molecule has 0 spiro atoms. The SMILES string of the molecule is Cn1ncnc1NC(=O)[C@@H]1C[C@H]1c1ccco1. The first kappa shape index (κ1) is 10.1. The number of aromatic nitrogens is 3. The van der Waals surface area contributed by atoms with Crippen LogP contribution in [0.3, 0.4) is 0 Å². The van der Waals surface area contributed by atoms with Crippen molar-refractivity contribution < 1.29 is 9.21 Å². The minimum absolute atomic E-state index is 0.0159. The number of hydrogen-bond donors (Lipinski definition) is 1. The standard InChI is InChI=1S/C11H12N4O2/c1-15-11(12-6-13-15)14-10(16)8-5-7(8)9-3-2-4-17-9/h2-4,6-8H,5H2,1H3,(H,12,13,14,16)/t7-,8-/m1/s1. The van der Waals surface area contributed by atoms with Crippen molar-refractivity contribution in [3.8, 4) is 0 Å². The van der Waals surface area contributed by atoms with Crippen molar-refractivity contribution in [1.82, 2.24) is 14.8 Å². The van der Waals surface area contributed by atoms with E-state index in [0.717, 1.165) is 12.2 Å². The van der Waals surface area contributed by atoms with Crippen LogP contribution in [-0.4, -0.2) is 20.7 Å². The summed E-state index contributed by atoms with van der Waals surface area (Å²) in [5.41, 5.74) is 0.